The van der Waals surface area contributed by atoms with Crippen LogP contribution in [-0.2, 0) is 32.0 Å². The minimum absolute atomic E-state index is 0.0203. The first-order valence-corrected chi connectivity index (χ1v) is 13.8. The van der Waals surface area contributed by atoms with Gasteiger partial charge in [0.1, 0.15) is 18.1 Å². The molecule has 0 aliphatic rings. The van der Waals surface area contributed by atoms with Crippen molar-refractivity contribution in [1.29, 1.82) is 0 Å². The number of para-hydroxylation sites is 1. The van der Waals surface area contributed by atoms with Gasteiger partial charge in [0.2, 0.25) is 17.7 Å². The molecule has 40 heavy (non-hydrogen) atoms. The Morgan fingerprint density at radius 2 is 1.45 bits per heavy atom. The number of carboxylic acids is 1. The van der Waals surface area contributed by atoms with Crippen LogP contribution < -0.4 is 21.7 Å². The molecule has 0 bridgehead atoms. The number of thiol groups is 1. The lowest BCUT2D eigenvalue weighted by Gasteiger charge is -2.25. The summed E-state index contributed by atoms with van der Waals surface area (Å²) in [4.78, 5) is 54.3. The fourth-order valence-electron chi connectivity index (χ4n) is 4.40. The van der Waals surface area contributed by atoms with Gasteiger partial charge < -0.3 is 31.8 Å². The van der Waals surface area contributed by atoms with Gasteiger partial charge in [-0.3, -0.25) is 14.4 Å². The molecule has 0 saturated heterocycles. The number of rotatable bonds is 14. The van der Waals surface area contributed by atoms with E-state index in [1.54, 1.807) is 6.20 Å². The second-order valence-corrected chi connectivity index (χ2v) is 10.6. The van der Waals surface area contributed by atoms with Crippen molar-refractivity contribution in [2.24, 2.45) is 11.7 Å². The second-order valence-electron chi connectivity index (χ2n) is 10.2. The minimum Gasteiger partial charge on any atom is -0.480 e. The first kappa shape index (κ1) is 30.7. The van der Waals surface area contributed by atoms with Crippen molar-refractivity contribution in [1.82, 2.24) is 20.9 Å². The molecule has 0 aliphatic heterocycles. The van der Waals surface area contributed by atoms with E-state index in [4.69, 9.17) is 5.73 Å². The molecule has 2 aromatic carbocycles. The molecule has 0 fully saturated rings. The molecular weight excluding hydrogens is 530 g/mol. The predicted molar refractivity (Wildman–Crippen MR) is 157 cm³/mol. The van der Waals surface area contributed by atoms with E-state index in [1.807, 2.05) is 68.4 Å². The zero-order valence-corrected chi connectivity index (χ0v) is 23.5. The van der Waals surface area contributed by atoms with Crippen LogP contribution in [0.2, 0.25) is 0 Å². The van der Waals surface area contributed by atoms with E-state index in [0.717, 1.165) is 22.0 Å². The Morgan fingerprint density at radius 1 is 0.850 bits per heavy atom. The highest BCUT2D eigenvalue weighted by atomic mass is 32.1. The molecule has 11 heteroatoms. The van der Waals surface area contributed by atoms with Crippen molar-refractivity contribution in [3.63, 3.8) is 0 Å². The Hall–Kier alpha value is -3.83. The Kier molecular flexibility index (Phi) is 11.2. The molecule has 0 aliphatic carbocycles. The number of carbonyl (C=O) groups excluding carboxylic acids is 3. The molecule has 1 aromatic heterocycles. The highest BCUT2D eigenvalue weighted by Gasteiger charge is 2.31. The highest BCUT2D eigenvalue weighted by Crippen LogP contribution is 2.19. The van der Waals surface area contributed by atoms with E-state index in [2.05, 4.69) is 33.6 Å². The maximum absolute atomic E-state index is 13.4. The molecule has 0 radical (unpaired) electrons. The number of amides is 3. The van der Waals surface area contributed by atoms with Crippen molar-refractivity contribution in [3.8, 4) is 0 Å². The topological polar surface area (TPSA) is 166 Å². The Morgan fingerprint density at radius 3 is 2.10 bits per heavy atom. The smallest absolute Gasteiger partial charge is 0.326 e. The molecule has 3 aromatic rings. The first-order chi connectivity index (χ1) is 19.1. The van der Waals surface area contributed by atoms with Gasteiger partial charge in [0.05, 0.1) is 6.04 Å². The van der Waals surface area contributed by atoms with Gasteiger partial charge in [0.25, 0.3) is 0 Å². The lowest BCUT2D eigenvalue weighted by atomic mass is 10.0. The van der Waals surface area contributed by atoms with Crippen molar-refractivity contribution in [2.75, 3.05) is 5.75 Å². The molecule has 4 unspecified atom stereocenters. The largest absolute Gasteiger partial charge is 0.480 e. The van der Waals surface area contributed by atoms with Gasteiger partial charge in [-0.05, 0) is 36.0 Å². The summed E-state index contributed by atoms with van der Waals surface area (Å²) in [6.45, 7) is 3.71. The lowest BCUT2D eigenvalue weighted by Crippen LogP contribution is -2.58. The summed E-state index contributed by atoms with van der Waals surface area (Å²) >= 11 is 4.23. The fraction of sp³-hybridized carbons (Fsp3) is 0.379. The summed E-state index contributed by atoms with van der Waals surface area (Å²) in [6.07, 6.45) is 2.35. The van der Waals surface area contributed by atoms with E-state index < -0.39 is 47.9 Å². The summed E-state index contributed by atoms with van der Waals surface area (Å²) in [6, 6.07) is 12.6. The Bertz CT molecular complexity index is 1310. The number of benzene rings is 2. The average molecular weight is 568 g/mol. The molecule has 214 valence electrons. The number of nitrogens with one attached hydrogen (secondary N) is 4. The summed E-state index contributed by atoms with van der Waals surface area (Å²) < 4.78 is 0. The number of carboxylic acid groups (broad SMARTS) is 1. The standard InChI is InChI=1S/C29H37N5O5S/c1-17(2)12-24(29(38)39)33-27(36)23(14-19-15-31-22-11-7-6-10-20(19)22)32-28(37)25(16-40)34-26(35)21(30)13-18-8-4-3-5-9-18/h3-11,15,17,21,23-25,31,40H,12-14,16,30H2,1-2H3,(H,32,37)(H,33,36)(H,34,35)(H,38,39). The number of hydrogen-bond donors (Lipinski definition) is 7. The normalized spacial score (nSPS) is 14.2. The first-order valence-electron chi connectivity index (χ1n) is 13.2. The second kappa shape index (κ2) is 14.5. The molecular formula is C29H37N5O5S. The lowest BCUT2D eigenvalue weighted by molar-refractivity contribution is -0.142. The van der Waals surface area contributed by atoms with Crippen LogP contribution in [0.3, 0.4) is 0 Å². The third-order valence-electron chi connectivity index (χ3n) is 6.50. The van der Waals surface area contributed by atoms with Crippen molar-refractivity contribution < 1.29 is 24.3 Å². The molecule has 0 spiro atoms. The molecule has 3 amide bonds. The van der Waals surface area contributed by atoms with Crippen LogP contribution in [-0.4, -0.2) is 63.7 Å². The van der Waals surface area contributed by atoms with E-state index in [-0.39, 0.29) is 30.9 Å². The number of aromatic amines is 1. The predicted octanol–water partition coefficient (Wildman–Crippen LogP) is 1.80. The summed E-state index contributed by atoms with van der Waals surface area (Å²) in [7, 11) is 0. The number of H-pyrrole nitrogens is 1. The van der Waals surface area contributed by atoms with Crippen LogP contribution in [0, 0.1) is 5.92 Å². The molecule has 1 heterocycles. The van der Waals surface area contributed by atoms with Crippen LogP contribution in [0.1, 0.15) is 31.4 Å². The third-order valence-corrected chi connectivity index (χ3v) is 6.87. The van der Waals surface area contributed by atoms with Gasteiger partial charge in [-0.25, -0.2) is 4.79 Å². The third kappa shape index (κ3) is 8.59. The van der Waals surface area contributed by atoms with E-state index >= 15 is 0 Å². The maximum atomic E-state index is 13.4. The number of fused-ring (bicyclic) bond motifs is 1. The number of aromatic nitrogens is 1. The molecule has 3 rings (SSSR count). The maximum Gasteiger partial charge on any atom is 0.326 e. The van der Waals surface area contributed by atoms with Crippen molar-refractivity contribution >= 4 is 47.2 Å². The molecule has 4 atom stereocenters. The summed E-state index contributed by atoms with van der Waals surface area (Å²) in [5.41, 5.74) is 8.58. The number of nitrogens with two attached hydrogens (primary N) is 1. The zero-order valence-electron chi connectivity index (χ0n) is 22.6. The molecule has 10 nitrogen and oxygen atoms in total. The van der Waals surface area contributed by atoms with E-state index in [1.165, 1.54) is 0 Å². The fourth-order valence-corrected chi connectivity index (χ4v) is 4.66. The van der Waals surface area contributed by atoms with Crippen molar-refractivity contribution in [2.45, 2.75) is 57.3 Å². The molecule has 0 saturated carbocycles. The number of aliphatic carboxylic acids is 1. The van der Waals surface area contributed by atoms with E-state index in [0.29, 0.717) is 0 Å². The van der Waals surface area contributed by atoms with Gasteiger partial charge in [-0.1, -0.05) is 62.4 Å². The van der Waals surface area contributed by atoms with Crippen LogP contribution >= 0.6 is 12.6 Å². The molecule has 7 N–H and O–H groups in total. The van der Waals surface area contributed by atoms with Crippen LogP contribution in [0.5, 0.6) is 0 Å². The Balaban J connectivity index is 1.76. The van der Waals surface area contributed by atoms with Crippen LogP contribution in [0.25, 0.3) is 10.9 Å². The Labute approximate surface area is 238 Å². The quantitative estimate of drug-likeness (QED) is 0.147. The minimum atomic E-state index is -1.16. The average Bonchev–Trinajstić information content (AvgIpc) is 3.33. The zero-order chi connectivity index (χ0) is 29.2. The van der Waals surface area contributed by atoms with Crippen molar-refractivity contribution in [3.05, 3.63) is 71.9 Å². The highest BCUT2D eigenvalue weighted by molar-refractivity contribution is 7.80. The van der Waals surface area contributed by atoms with Gasteiger partial charge in [-0.15, -0.1) is 0 Å². The SMILES string of the molecule is CC(C)CC(NC(=O)C(Cc1c[nH]c2ccccc12)NC(=O)C(CS)NC(=O)C(N)Cc1ccccc1)C(=O)O. The van der Waals surface area contributed by atoms with Gasteiger partial charge in [0.15, 0.2) is 0 Å². The number of carbonyl (C=O) groups is 4. The van der Waals surface area contributed by atoms with Gasteiger partial charge in [-0.2, -0.15) is 12.6 Å². The monoisotopic (exact) mass is 567 g/mol. The van der Waals surface area contributed by atoms with Gasteiger partial charge in [0, 0.05) is 29.3 Å². The van der Waals surface area contributed by atoms with E-state index in [9.17, 15) is 24.3 Å². The van der Waals surface area contributed by atoms with Gasteiger partial charge >= 0.3 is 5.97 Å². The van der Waals surface area contributed by atoms with Crippen LogP contribution in [0.4, 0.5) is 0 Å². The van der Waals surface area contributed by atoms with Crippen LogP contribution in [0.15, 0.2) is 60.8 Å². The summed E-state index contributed by atoms with van der Waals surface area (Å²) in [5, 5.41) is 18.4. The summed E-state index contributed by atoms with van der Waals surface area (Å²) in [5.74, 6) is -2.98. The number of hydrogen-bond acceptors (Lipinski definition) is 6.